The molecule has 25 heavy (non-hydrogen) atoms. The molecule has 0 aliphatic heterocycles. The largest absolute Gasteiger partial charge is 0.256 e. The van der Waals surface area contributed by atoms with Crippen molar-refractivity contribution in [1.82, 2.24) is 4.57 Å². The summed E-state index contributed by atoms with van der Waals surface area (Å²) in [6.07, 6.45) is 24.0. The van der Waals surface area contributed by atoms with E-state index in [0.29, 0.717) is 6.04 Å². The van der Waals surface area contributed by atoms with Crippen molar-refractivity contribution in [3.8, 4) is 0 Å². The second kappa shape index (κ2) is 14.4. The van der Waals surface area contributed by atoms with Crippen LogP contribution in [0.25, 0.3) is 0 Å². The number of hydrogen-bond donors (Lipinski definition) is 0. The molecule has 0 radical (unpaired) electrons. The number of imidazole rings is 1. The van der Waals surface area contributed by atoms with Gasteiger partial charge in [-0.2, -0.15) is 0 Å². The van der Waals surface area contributed by atoms with Crippen molar-refractivity contribution in [3.63, 3.8) is 0 Å². The highest BCUT2D eigenvalue weighted by atomic mass is 15.2. The maximum absolute atomic E-state index is 2.53. The van der Waals surface area contributed by atoms with Crippen LogP contribution in [-0.4, -0.2) is 4.57 Å². The topological polar surface area (TPSA) is 8.81 Å². The van der Waals surface area contributed by atoms with E-state index in [-0.39, 0.29) is 0 Å². The van der Waals surface area contributed by atoms with E-state index in [1.165, 1.54) is 96.4 Å². The van der Waals surface area contributed by atoms with Gasteiger partial charge in [-0.1, -0.05) is 78.1 Å². The van der Waals surface area contributed by atoms with Crippen LogP contribution in [0.15, 0.2) is 12.4 Å². The lowest BCUT2D eigenvalue weighted by Crippen LogP contribution is -2.37. The first kappa shape index (κ1) is 22.3. The van der Waals surface area contributed by atoms with E-state index in [0.717, 1.165) is 0 Å². The Balaban J connectivity index is 2.29. The number of rotatable bonds is 16. The number of nitrogens with zero attached hydrogens (tertiary/aromatic N) is 2. The van der Waals surface area contributed by atoms with Gasteiger partial charge in [0.05, 0.1) is 12.6 Å². The molecule has 1 aromatic rings. The average Bonchev–Trinajstić information content (AvgIpc) is 3.00. The van der Waals surface area contributed by atoms with Crippen LogP contribution in [0.3, 0.4) is 0 Å². The minimum atomic E-state index is 0.575. The summed E-state index contributed by atoms with van der Waals surface area (Å²) in [5.41, 5.74) is 0. The molecule has 1 heterocycles. The second-order valence-electron chi connectivity index (χ2n) is 8.05. The molecule has 146 valence electrons. The van der Waals surface area contributed by atoms with E-state index in [2.05, 4.69) is 49.2 Å². The molecule has 2 nitrogen and oxygen atoms in total. The maximum Gasteiger partial charge on any atom is 0.256 e. The van der Waals surface area contributed by atoms with Crippen LogP contribution < -0.4 is 4.57 Å². The minimum Gasteiger partial charge on any atom is -0.234 e. The fraction of sp³-hybridized carbons (Fsp3) is 0.870. The van der Waals surface area contributed by atoms with Gasteiger partial charge in [0.2, 0.25) is 0 Å². The summed E-state index contributed by atoms with van der Waals surface area (Å²) in [7, 11) is 0. The summed E-state index contributed by atoms with van der Waals surface area (Å²) in [4.78, 5) is 0. The van der Waals surface area contributed by atoms with Gasteiger partial charge in [0.15, 0.2) is 0 Å². The average molecular weight is 350 g/mol. The molecule has 1 rings (SSSR count). The molecule has 0 unspecified atom stereocenters. The molecule has 2 heteroatoms. The summed E-state index contributed by atoms with van der Waals surface area (Å²) in [5, 5.41) is 0. The molecular weight excluding hydrogens is 304 g/mol. The molecule has 1 aromatic heterocycles. The first-order valence-corrected chi connectivity index (χ1v) is 11.3. The maximum atomic E-state index is 2.53. The first-order valence-electron chi connectivity index (χ1n) is 11.3. The SMILES string of the molecule is CCCCCCCCCCC[n+]1ccn(C(C)C)c1CCCCCC. The van der Waals surface area contributed by atoms with E-state index >= 15 is 0 Å². The van der Waals surface area contributed by atoms with Crippen LogP contribution in [0, 0.1) is 0 Å². The highest BCUT2D eigenvalue weighted by Crippen LogP contribution is 2.13. The van der Waals surface area contributed by atoms with Crippen molar-refractivity contribution in [3.05, 3.63) is 18.2 Å². The molecule has 0 saturated heterocycles. The Morgan fingerprint density at radius 3 is 1.84 bits per heavy atom. The Morgan fingerprint density at radius 1 is 0.760 bits per heavy atom. The van der Waals surface area contributed by atoms with E-state index in [1.54, 1.807) is 5.82 Å². The summed E-state index contributed by atoms with van der Waals surface area (Å²) < 4.78 is 5.02. The summed E-state index contributed by atoms with van der Waals surface area (Å²) in [6.45, 7) is 10.4. The zero-order valence-corrected chi connectivity index (χ0v) is 17.7. The predicted octanol–water partition coefficient (Wildman–Crippen LogP) is 7.01. The van der Waals surface area contributed by atoms with E-state index in [9.17, 15) is 0 Å². The molecule has 0 aromatic carbocycles. The highest BCUT2D eigenvalue weighted by molar-refractivity contribution is 4.86. The van der Waals surface area contributed by atoms with Crippen LogP contribution in [-0.2, 0) is 13.0 Å². The minimum absolute atomic E-state index is 0.575. The third kappa shape index (κ3) is 9.47. The van der Waals surface area contributed by atoms with Gasteiger partial charge in [-0.3, -0.25) is 0 Å². The molecule has 0 aliphatic carbocycles. The monoisotopic (exact) mass is 349 g/mol. The Labute approximate surface area is 158 Å². The van der Waals surface area contributed by atoms with Gasteiger partial charge >= 0.3 is 0 Å². The van der Waals surface area contributed by atoms with Gasteiger partial charge in [-0.15, -0.1) is 0 Å². The number of aromatic nitrogens is 2. The fourth-order valence-corrected chi connectivity index (χ4v) is 3.72. The van der Waals surface area contributed by atoms with Crippen molar-refractivity contribution in [1.29, 1.82) is 0 Å². The van der Waals surface area contributed by atoms with Gasteiger partial charge in [0.1, 0.15) is 12.4 Å². The highest BCUT2D eigenvalue weighted by Gasteiger charge is 2.18. The molecule has 0 bridgehead atoms. The third-order valence-electron chi connectivity index (χ3n) is 5.35. The molecular formula is C23H45N2+. The molecule has 0 spiro atoms. The van der Waals surface area contributed by atoms with Gasteiger partial charge in [-0.05, 0) is 33.1 Å². The van der Waals surface area contributed by atoms with Gasteiger partial charge in [0.25, 0.3) is 5.82 Å². The number of aryl methyl sites for hydroxylation is 1. The van der Waals surface area contributed by atoms with Gasteiger partial charge in [0, 0.05) is 6.42 Å². The second-order valence-corrected chi connectivity index (χ2v) is 8.05. The van der Waals surface area contributed by atoms with Crippen LogP contribution in [0.2, 0.25) is 0 Å². The van der Waals surface area contributed by atoms with Crippen molar-refractivity contribution < 1.29 is 4.57 Å². The summed E-state index contributed by atoms with van der Waals surface area (Å²) >= 11 is 0. The number of unbranched alkanes of at least 4 members (excludes halogenated alkanes) is 11. The molecule has 0 aliphatic rings. The van der Waals surface area contributed by atoms with Gasteiger partial charge in [-0.25, -0.2) is 9.13 Å². The summed E-state index contributed by atoms with van der Waals surface area (Å²) in [5.74, 6) is 1.55. The lowest BCUT2D eigenvalue weighted by Gasteiger charge is -2.08. The smallest absolute Gasteiger partial charge is 0.234 e. The van der Waals surface area contributed by atoms with Crippen LogP contribution in [0.5, 0.6) is 0 Å². The van der Waals surface area contributed by atoms with Crippen LogP contribution >= 0.6 is 0 Å². The zero-order chi connectivity index (χ0) is 18.3. The van der Waals surface area contributed by atoms with E-state index in [1.807, 2.05) is 0 Å². The van der Waals surface area contributed by atoms with Crippen molar-refractivity contribution in [2.45, 2.75) is 130 Å². The van der Waals surface area contributed by atoms with E-state index < -0.39 is 0 Å². The normalized spacial score (nSPS) is 11.6. The fourth-order valence-electron chi connectivity index (χ4n) is 3.72. The molecule has 0 fully saturated rings. The lowest BCUT2D eigenvalue weighted by molar-refractivity contribution is -0.704. The quantitative estimate of drug-likeness (QED) is 0.224. The first-order chi connectivity index (χ1) is 12.2. The molecule has 0 saturated carbocycles. The Morgan fingerprint density at radius 2 is 1.28 bits per heavy atom. The van der Waals surface area contributed by atoms with Crippen molar-refractivity contribution in [2.24, 2.45) is 0 Å². The van der Waals surface area contributed by atoms with Crippen molar-refractivity contribution >= 4 is 0 Å². The van der Waals surface area contributed by atoms with Crippen LogP contribution in [0.4, 0.5) is 0 Å². The predicted molar refractivity (Wildman–Crippen MR) is 110 cm³/mol. The Bertz CT molecular complexity index is 420. The van der Waals surface area contributed by atoms with Gasteiger partial charge < -0.3 is 0 Å². The Kier molecular flexibility index (Phi) is 12.8. The third-order valence-corrected chi connectivity index (χ3v) is 5.35. The molecule has 0 N–H and O–H groups in total. The summed E-state index contributed by atoms with van der Waals surface area (Å²) in [6, 6.07) is 0.575. The number of hydrogen-bond acceptors (Lipinski definition) is 0. The molecule has 0 amide bonds. The molecule has 0 atom stereocenters. The van der Waals surface area contributed by atoms with E-state index in [4.69, 9.17) is 0 Å². The standard InChI is InChI=1S/C23H45N2/c1-5-7-9-11-12-13-14-15-17-19-24-20-21-25(22(3)4)23(24)18-16-10-8-6-2/h20-22H,5-19H2,1-4H3/q+1. The van der Waals surface area contributed by atoms with Crippen molar-refractivity contribution in [2.75, 3.05) is 0 Å². The van der Waals surface area contributed by atoms with Crippen LogP contribution in [0.1, 0.15) is 123 Å². The zero-order valence-electron chi connectivity index (χ0n) is 17.7. The lowest BCUT2D eigenvalue weighted by atomic mass is 10.1. The Hall–Kier alpha value is -0.790.